The van der Waals surface area contributed by atoms with Gasteiger partial charge in [0.1, 0.15) is 0 Å². The van der Waals surface area contributed by atoms with Crippen molar-refractivity contribution in [2.45, 2.75) is 12.5 Å². The first kappa shape index (κ1) is 14.0. The molecule has 0 bridgehead atoms. The molecule has 0 aliphatic carbocycles. The Morgan fingerprint density at radius 3 is 2.26 bits per heavy atom. The summed E-state index contributed by atoms with van der Waals surface area (Å²) >= 11 is 5.96. The molecule has 0 heterocycles. The van der Waals surface area contributed by atoms with Gasteiger partial charge in [-0.25, -0.2) is 0 Å². The molecule has 0 spiro atoms. The molecule has 0 aliphatic rings. The van der Waals surface area contributed by atoms with Gasteiger partial charge in [0.2, 0.25) is 0 Å². The summed E-state index contributed by atoms with van der Waals surface area (Å²) < 4.78 is 27.7. The minimum atomic E-state index is -2.89. The Morgan fingerprint density at radius 2 is 1.58 bits per heavy atom. The zero-order valence-corrected chi connectivity index (χ0v) is 11.0. The Balaban J connectivity index is 1.94. The van der Waals surface area contributed by atoms with Gasteiger partial charge < -0.3 is 5.32 Å². The number of rotatable bonds is 5. The average molecular weight is 282 g/mol. The van der Waals surface area contributed by atoms with E-state index in [9.17, 15) is 8.78 Å². The summed E-state index contributed by atoms with van der Waals surface area (Å²) in [5.74, 6) is -2.89. The Bertz CT molecular complexity index is 529. The number of alkyl halides is 2. The van der Waals surface area contributed by atoms with Crippen LogP contribution in [0.5, 0.6) is 0 Å². The van der Waals surface area contributed by atoms with Gasteiger partial charge in [-0.15, -0.1) is 0 Å². The van der Waals surface area contributed by atoms with Crippen LogP contribution in [0.15, 0.2) is 54.6 Å². The lowest BCUT2D eigenvalue weighted by Gasteiger charge is -2.17. The first-order chi connectivity index (χ1) is 9.09. The average Bonchev–Trinajstić information content (AvgIpc) is 2.42. The van der Waals surface area contributed by atoms with E-state index in [2.05, 4.69) is 5.32 Å². The summed E-state index contributed by atoms with van der Waals surface area (Å²) in [6, 6.07) is 15.0. The summed E-state index contributed by atoms with van der Waals surface area (Å²) in [6.07, 6.45) is 0. The van der Waals surface area contributed by atoms with E-state index >= 15 is 0 Å². The molecule has 0 saturated heterocycles. The van der Waals surface area contributed by atoms with Gasteiger partial charge >= 0.3 is 0 Å². The lowest BCUT2D eigenvalue weighted by Crippen LogP contribution is -2.30. The molecule has 4 heteroatoms. The van der Waals surface area contributed by atoms with Crippen molar-refractivity contribution in [3.63, 3.8) is 0 Å². The first-order valence-electron chi connectivity index (χ1n) is 5.97. The second kappa shape index (κ2) is 6.13. The standard InChI is InChI=1S/C15H14ClF2N/c16-14-9-5-4-6-12(14)10-19-11-15(17,18)13-7-2-1-3-8-13/h1-9,19H,10-11H2. The molecule has 0 atom stereocenters. The maximum Gasteiger partial charge on any atom is 0.285 e. The van der Waals surface area contributed by atoms with E-state index in [0.29, 0.717) is 11.6 Å². The van der Waals surface area contributed by atoms with Gasteiger partial charge in [0.25, 0.3) is 5.92 Å². The van der Waals surface area contributed by atoms with E-state index in [0.717, 1.165) is 5.56 Å². The van der Waals surface area contributed by atoms with Crippen LogP contribution in [0.4, 0.5) is 8.78 Å². The minimum absolute atomic E-state index is 0.0154. The van der Waals surface area contributed by atoms with Crippen molar-refractivity contribution in [2.75, 3.05) is 6.54 Å². The van der Waals surface area contributed by atoms with E-state index in [-0.39, 0.29) is 5.56 Å². The molecule has 0 amide bonds. The second-order valence-electron chi connectivity index (χ2n) is 4.27. The third kappa shape index (κ3) is 3.75. The molecule has 100 valence electrons. The normalized spacial score (nSPS) is 11.5. The summed E-state index contributed by atoms with van der Waals surface area (Å²) in [5, 5.41) is 3.33. The van der Waals surface area contributed by atoms with Gasteiger partial charge in [-0.2, -0.15) is 8.78 Å². The van der Waals surface area contributed by atoms with Crippen molar-refractivity contribution in [1.82, 2.24) is 5.32 Å². The molecule has 19 heavy (non-hydrogen) atoms. The van der Waals surface area contributed by atoms with Crippen molar-refractivity contribution >= 4 is 11.6 Å². The van der Waals surface area contributed by atoms with Crippen LogP contribution in [0.3, 0.4) is 0 Å². The number of hydrogen-bond donors (Lipinski definition) is 1. The highest BCUT2D eigenvalue weighted by molar-refractivity contribution is 6.31. The van der Waals surface area contributed by atoms with Crippen molar-refractivity contribution in [3.05, 3.63) is 70.7 Å². The number of benzene rings is 2. The van der Waals surface area contributed by atoms with Gasteiger partial charge in [-0.1, -0.05) is 60.1 Å². The molecule has 0 aromatic heterocycles. The van der Waals surface area contributed by atoms with Gasteiger partial charge in [0, 0.05) is 17.1 Å². The van der Waals surface area contributed by atoms with E-state index in [1.807, 2.05) is 18.2 Å². The first-order valence-corrected chi connectivity index (χ1v) is 6.35. The Morgan fingerprint density at radius 1 is 0.947 bits per heavy atom. The lowest BCUT2D eigenvalue weighted by atomic mass is 10.1. The lowest BCUT2D eigenvalue weighted by molar-refractivity contribution is -0.00343. The molecule has 2 aromatic rings. The molecule has 0 aliphatic heterocycles. The van der Waals surface area contributed by atoms with Gasteiger partial charge in [0.05, 0.1) is 6.54 Å². The summed E-state index contributed by atoms with van der Waals surface area (Å²) in [6.45, 7) is -0.0929. The molecule has 2 aromatic carbocycles. The van der Waals surface area contributed by atoms with Crippen molar-refractivity contribution in [3.8, 4) is 0 Å². The maximum atomic E-state index is 13.9. The number of halogens is 3. The highest BCUT2D eigenvalue weighted by atomic mass is 35.5. The summed E-state index contributed by atoms with van der Waals surface area (Å²) in [5.41, 5.74) is 0.828. The van der Waals surface area contributed by atoms with Crippen molar-refractivity contribution in [2.24, 2.45) is 0 Å². The highest BCUT2D eigenvalue weighted by Gasteiger charge is 2.30. The van der Waals surface area contributed by atoms with Crippen LogP contribution in [0.2, 0.25) is 5.02 Å². The van der Waals surface area contributed by atoms with Gasteiger partial charge in [-0.3, -0.25) is 0 Å². The minimum Gasteiger partial charge on any atom is -0.307 e. The Labute approximate surface area is 116 Å². The maximum absolute atomic E-state index is 13.9. The van der Waals surface area contributed by atoms with Crippen LogP contribution in [-0.2, 0) is 12.5 Å². The fourth-order valence-electron chi connectivity index (χ4n) is 1.78. The highest BCUT2D eigenvalue weighted by Crippen LogP contribution is 2.26. The van der Waals surface area contributed by atoms with Crippen molar-refractivity contribution < 1.29 is 8.78 Å². The Hall–Kier alpha value is -1.45. The zero-order valence-electron chi connectivity index (χ0n) is 10.2. The number of hydrogen-bond acceptors (Lipinski definition) is 1. The van der Waals surface area contributed by atoms with Crippen LogP contribution < -0.4 is 5.32 Å². The Kier molecular flexibility index (Phi) is 4.51. The SMILES string of the molecule is FC(F)(CNCc1ccccc1Cl)c1ccccc1. The van der Waals surface area contributed by atoms with E-state index in [1.54, 1.807) is 24.3 Å². The van der Waals surface area contributed by atoms with Gasteiger partial charge in [0.15, 0.2) is 0 Å². The van der Waals surface area contributed by atoms with Gasteiger partial charge in [-0.05, 0) is 11.6 Å². The fourth-order valence-corrected chi connectivity index (χ4v) is 1.98. The zero-order chi connectivity index (χ0) is 13.7. The molecule has 2 rings (SSSR count). The molecule has 0 radical (unpaired) electrons. The smallest absolute Gasteiger partial charge is 0.285 e. The number of nitrogens with one attached hydrogen (secondary N) is 1. The van der Waals surface area contributed by atoms with E-state index in [1.165, 1.54) is 12.1 Å². The van der Waals surface area contributed by atoms with E-state index in [4.69, 9.17) is 11.6 Å². The van der Waals surface area contributed by atoms with Crippen molar-refractivity contribution in [1.29, 1.82) is 0 Å². The van der Waals surface area contributed by atoms with Crippen LogP contribution in [0.1, 0.15) is 11.1 Å². The molecular formula is C15H14ClF2N. The van der Waals surface area contributed by atoms with Crippen LogP contribution in [-0.4, -0.2) is 6.54 Å². The van der Waals surface area contributed by atoms with Crippen LogP contribution in [0, 0.1) is 0 Å². The molecule has 1 nitrogen and oxygen atoms in total. The largest absolute Gasteiger partial charge is 0.307 e. The second-order valence-corrected chi connectivity index (χ2v) is 4.67. The monoisotopic (exact) mass is 281 g/mol. The van der Waals surface area contributed by atoms with Crippen LogP contribution >= 0.6 is 11.6 Å². The quantitative estimate of drug-likeness (QED) is 0.865. The fraction of sp³-hybridized carbons (Fsp3) is 0.200. The summed E-state index contributed by atoms with van der Waals surface area (Å²) in [7, 11) is 0. The molecule has 1 N–H and O–H groups in total. The third-order valence-corrected chi connectivity index (χ3v) is 3.19. The molecule has 0 saturated carbocycles. The topological polar surface area (TPSA) is 12.0 Å². The molecular weight excluding hydrogens is 268 g/mol. The molecule has 0 unspecified atom stereocenters. The third-order valence-electron chi connectivity index (χ3n) is 2.82. The summed E-state index contributed by atoms with van der Waals surface area (Å²) in [4.78, 5) is 0. The molecule has 0 fully saturated rings. The predicted octanol–water partition coefficient (Wildman–Crippen LogP) is 4.22. The predicted molar refractivity (Wildman–Crippen MR) is 73.5 cm³/mol. The van der Waals surface area contributed by atoms with Crippen LogP contribution in [0.25, 0.3) is 0 Å². The van der Waals surface area contributed by atoms with E-state index < -0.39 is 12.5 Å².